The number of ether oxygens (including phenoxy) is 3. The molecular weight excluding hydrogens is 581 g/mol. The number of amides is 1. The molecule has 1 amide bonds. The van der Waals surface area contributed by atoms with E-state index in [0.29, 0.717) is 22.7 Å². The van der Waals surface area contributed by atoms with Gasteiger partial charge in [-0.1, -0.05) is 26.8 Å². The number of hydrogen-bond acceptors (Lipinski definition) is 7. The van der Waals surface area contributed by atoms with Crippen molar-refractivity contribution in [1.82, 2.24) is 9.78 Å². The number of carbonyl (C=O) groups excluding carboxylic acids is 1. The lowest BCUT2D eigenvalue weighted by atomic mass is 9.83. The molecule has 0 atom stereocenters. The fraction of sp³-hybridized carbons (Fsp3) is 0.226. The number of rotatable bonds is 6. The van der Waals surface area contributed by atoms with Crippen LogP contribution in [0.5, 0.6) is 23.1 Å². The molecular formula is C31H25F3N4O6. The molecule has 0 bridgehead atoms. The third-order valence-corrected chi connectivity index (χ3v) is 6.85. The Kier molecular flexibility index (Phi) is 7.46. The molecule has 2 heterocycles. The topological polar surface area (TPSA) is 127 Å². The van der Waals surface area contributed by atoms with Gasteiger partial charge in [-0.05, 0) is 59.5 Å². The van der Waals surface area contributed by atoms with E-state index >= 15 is 0 Å². The number of carboxylic acid groups (broad SMARTS) is 1. The standard InChI is InChI=1S/C31H25F3N4O6/c1-30(2,3)23-14-20(9-10-21(23)29(40)41)44-28-22(15-35)26(31(32,33)34)36-38(28)19-7-5-6-17(12-19)27(39)37(4)18-8-11-24-25(13-18)43-16-42-24/h5-14H,16H2,1-4H3,(H,40,41). The van der Waals surface area contributed by atoms with Crippen molar-refractivity contribution in [2.75, 3.05) is 18.7 Å². The van der Waals surface area contributed by atoms with Gasteiger partial charge in [-0.25, -0.2) is 4.79 Å². The maximum atomic E-state index is 14.0. The molecule has 0 aliphatic carbocycles. The van der Waals surface area contributed by atoms with E-state index in [1.165, 1.54) is 60.5 Å². The minimum atomic E-state index is -5.01. The number of hydrogen-bond donors (Lipinski definition) is 1. The predicted octanol–water partition coefficient (Wildman–Crippen LogP) is 6.56. The van der Waals surface area contributed by atoms with Gasteiger partial charge in [-0.2, -0.15) is 28.2 Å². The molecule has 0 saturated carbocycles. The van der Waals surface area contributed by atoms with Crippen LogP contribution in [0.15, 0.2) is 60.7 Å². The van der Waals surface area contributed by atoms with Gasteiger partial charge in [0.1, 0.15) is 17.4 Å². The van der Waals surface area contributed by atoms with Crippen LogP contribution in [0.3, 0.4) is 0 Å². The summed E-state index contributed by atoms with van der Waals surface area (Å²) in [4.78, 5) is 26.6. The number of aromatic nitrogens is 2. The molecule has 1 aromatic heterocycles. The van der Waals surface area contributed by atoms with Crippen molar-refractivity contribution in [3.05, 3.63) is 88.6 Å². The third-order valence-electron chi connectivity index (χ3n) is 6.85. The van der Waals surface area contributed by atoms with Gasteiger partial charge in [-0.15, -0.1) is 0 Å². The second kappa shape index (κ2) is 11.0. The lowest BCUT2D eigenvalue weighted by molar-refractivity contribution is -0.141. The number of carbonyl (C=O) groups is 2. The van der Waals surface area contributed by atoms with Gasteiger partial charge in [0, 0.05) is 24.4 Å². The van der Waals surface area contributed by atoms with E-state index in [4.69, 9.17) is 14.2 Å². The molecule has 0 radical (unpaired) electrons. The van der Waals surface area contributed by atoms with Crippen molar-refractivity contribution in [3.8, 4) is 34.9 Å². The normalized spacial score (nSPS) is 12.5. The zero-order valence-electron chi connectivity index (χ0n) is 23.9. The zero-order chi connectivity index (χ0) is 32.0. The van der Waals surface area contributed by atoms with Crippen LogP contribution in [0.2, 0.25) is 0 Å². The van der Waals surface area contributed by atoms with Crippen molar-refractivity contribution in [2.45, 2.75) is 32.4 Å². The molecule has 4 aromatic rings. The summed E-state index contributed by atoms with van der Waals surface area (Å²) in [6.07, 6.45) is -5.01. The average molecular weight is 607 g/mol. The Morgan fingerprint density at radius 2 is 1.77 bits per heavy atom. The first kappa shape index (κ1) is 30.0. The fourth-order valence-corrected chi connectivity index (χ4v) is 4.65. The van der Waals surface area contributed by atoms with Gasteiger partial charge in [0.25, 0.3) is 5.91 Å². The molecule has 5 rings (SSSR count). The lowest BCUT2D eigenvalue weighted by Gasteiger charge is -2.22. The molecule has 44 heavy (non-hydrogen) atoms. The van der Waals surface area contributed by atoms with Crippen LogP contribution in [0.4, 0.5) is 18.9 Å². The highest BCUT2D eigenvalue weighted by Crippen LogP contribution is 2.40. The minimum Gasteiger partial charge on any atom is -0.478 e. The van der Waals surface area contributed by atoms with Crippen molar-refractivity contribution < 1.29 is 42.1 Å². The van der Waals surface area contributed by atoms with E-state index in [1.54, 1.807) is 39.0 Å². The Morgan fingerprint density at radius 1 is 1.05 bits per heavy atom. The molecule has 1 aliphatic heterocycles. The van der Waals surface area contributed by atoms with Gasteiger partial charge in [0.05, 0.1) is 11.3 Å². The predicted molar refractivity (Wildman–Crippen MR) is 151 cm³/mol. The third kappa shape index (κ3) is 5.61. The highest BCUT2D eigenvalue weighted by Gasteiger charge is 2.41. The summed E-state index contributed by atoms with van der Waals surface area (Å²) in [6.45, 7) is 5.37. The molecule has 226 valence electrons. The van der Waals surface area contributed by atoms with Crippen molar-refractivity contribution >= 4 is 17.6 Å². The summed E-state index contributed by atoms with van der Waals surface area (Å²) in [5, 5.41) is 23.1. The number of anilines is 1. The largest absolute Gasteiger partial charge is 0.478 e. The second-order valence-corrected chi connectivity index (χ2v) is 10.9. The van der Waals surface area contributed by atoms with Gasteiger partial charge in [0.15, 0.2) is 17.2 Å². The summed E-state index contributed by atoms with van der Waals surface area (Å²) in [6, 6.07) is 16.1. The Balaban J connectivity index is 1.58. The summed E-state index contributed by atoms with van der Waals surface area (Å²) in [7, 11) is 1.53. The lowest BCUT2D eigenvalue weighted by Crippen LogP contribution is -2.26. The van der Waals surface area contributed by atoms with E-state index < -0.39 is 40.6 Å². The van der Waals surface area contributed by atoms with Crippen LogP contribution in [0, 0.1) is 11.3 Å². The van der Waals surface area contributed by atoms with E-state index in [1.807, 2.05) is 0 Å². The Bertz CT molecular complexity index is 1840. The molecule has 0 fully saturated rings. The van der Waals surface area contributed by atoms with Crippen molar-refractivity contribution in [3.63, 3.8) is 0 Å². The number of nitriles is 1. The highest BCUT2D eigenvalue weighted by molar-refractivity contribution is 6.06. The van der Waals surface area contributed by atoms with E-state index in [0.717, 1.165) is 4.68 Å². The van der Waals surface area contributed by atoms with Crippen LogP contribution in [-0.2, 0) is 11.6 Å². The van der Waals surface area contributed by atoms with Gasteiger partial charge < -0.3 is 24.2 Å². The van der Waals surface area contributed by atoms with Crippen molar-refractivity contribution in [2.24, 2.45) is 0 Å². The number of fused-ring (bicyclic) bond motifs is 1. The van der Waals surface area contributed by atoms with Crippen LogP contribution in [-0.4, -0.2) is 40.6 Å². The summed E-state index contributed by atoms with van der Waals surface area (Å²) in [5.41, 5.74) is -2.07. The van der Waals surface area contributed by atoms with Gasteiger partial charge in [0.2, 0.25) is 12.7 Å². The summed E-state index contributed by atoms with van der Waals surface area (Å²) in [5.74, 6) is -1.25. The number of halogens is 3. The van der Waals surface area contributed by atoms with Crippen molar-refractivity contribution in [1.29, 1.82) is 5.26 Å². The molecule has 10 nitrogen and oxygen atoms in total. The van der Waals surface area contributed by atoms with Crippen LogP contribution in [0.25, 0.3) is 5.69 Å². The molecule has 0 saturated heterocycles. The number of benzene rings is 3. The maximum Gasteiger partial charge on any atom is 0.436 e. The number of aromatic carboxylic acids is 1. The molecule has 1 N–H and O–H groups in total. The van der Waals surface area contributed by atoms with E-state index in [9.17, 15) is 33.1 Å². The van der Waals surface area contributed by atoms with E-state index in [2.05, 4.69) is 5.10 Å². The second-order valence-electron chi connectivity index (χ2n) is 10.9. The maximum absolute atomic E-state index is 14.0. The first-order valence-electron chi connectivity index (χ1n) is 13.1. The minimum absolute atomic E-state index is 0.00682. The first-order chi connectivity index (χ1) is 20.7. The molecule has 0 spiro atoms. The number of carboxylic acids is 1. The van der Waals surface area contributed by atoms with Crippen LogP contribution < -0.4 is 19.1 Å². The number of nitrogens with zero attached hydrogens (tertiary/aromatic N) is 4. The zero-order valence-corrected chi connectivity index (χ0v) is 23.9. The van der Waals surface area contributed by atoms with Gasteiger partial charge in [-0.3, -0.25) is 4.79 Å². The quantitative estimate of drug-likeness (QED) is 0.262. The van der Waals surface area contributed by atoms with Gasteiger partial charge >= 0.3 is 12.1 Å². The monoisotopic (exact) mass is 606 g/mol. The van der Waals surface area contributed by atoms with Crippen LogP contribution >= 0.6 is 0 Å². The first-order valence-corrected chi connectivity index (χ1v) is 13.1. The number of alkyl halides is 3. The molecule has 3 aromatic carbocycles. The SMILES string of the molecule is CN(C(=O)c1cccc(-n2nc(C(F)(F)F)c(C#N)c2Oc2ccc(C(=O)O)c(C(C)(C)C)c2)c1)c1ccc2c(c1)OCO2. The van der Waals surface area contributed by atoms with E-state index in [-0.39, 0.29) is 29.4 Å². The Morgan fingerprint density at radius 3 is 2.43 bits per heavy atom. The average Bonchev–Trinajstić information content (AvgIpc) is 3.60. The highest BCUT2D eigenvalue weighted by atomic mass is 19.4. The summed E-state index contributed by atoms with van der Waals surface area (Å²) >= 11 is 0. The Hall–Kier alpha value is -5.51. The molecule has 13 heteroatoms. The Labute approximate surface area is 249 Å². The smallest absolute Gasteiger partial charge is 0.436 e. The summed E-state index contributed by atoms with van der Waals surface area (Å²) < 4.78 is 59.4. The van der Waals surface area contributed by atoms with Crippen LogP contribution in [0.1, 0.15) is 58.3 Å². The molecule has 0 unspecified atom stereocenters. The molecule has 1 aliphatic rings. The fourth-order valence-electron chi connectivity index (χ4n) is 4.65.